The number of halogens is 1. The molecule has 0 amide bonds. The Morgan fingerprint density at radius 3 is 2.56 bits per heavy atom. The van der Waals surface area contributed by atoms with E-state index in [1.807, 2.05) is 0 Å². The van der Waals surface area contributed by atoms with E-state index in [1.165, 1.54) is 23.5 Å². The second-order valence-corrected chi connectivity index (χ2v) is 6.90. The van der Waals surface area contributed by atoms with Crippen molar-refractivity contribution in [3.63, 3.8) is 0 Å². The molecule has 1 aromatic rings. The zero-order valence-electron chi connectivity index (χ0n) is 9.79. The summed E-state index contributed by atoms with van der Waals surface area (Å²) in [7, 11) is 0. The van der Waals surface area contributed by atoms with Gasteiger partial charge >= 0.3 is 0 Å². The first-order chi connectivity index (χ1) is 7.58. The monoisotopic (exact) mass is 299 g/mol. The fourth-order valence-electron chi connectivity index (χ4n) is 2.11. The van der Waals surface area contributed by atoms with E-state index in [4.69, 9.17) is 0 Å². The van der Waals surface area contributed by atoms with Gasteiger partial charge in [-0.3, -0.25) is 0 Å². The highest BCUT2D eigenvalue weighted by atomic mass is 79.9. The molecule has 0 aromatic heterocycles. The van der Waals surface area contributed by atoms with Gasteiger partial charge in [0.25, 0.3) is 0 Å². The standard InChI is InChI=1S/C13H18BrNS/c1-13(2,15-12-7-8-16-9-12)10-3-5-11(14)6-4-10/h3-6,12,15H,7-9H2,1-2H3. The Morgan fingerprint density at radius 1 is 1.31 bits per heavy atom. The Kier molecular flexibility index (Phi) is 3.98. The van der Waals surface area contributed by atoms with Crippen LogP contribution in [0.2, 0.25) is 0 Å². The zero-order chi connectivity index (χ0) is 11.6. The topological polar surface area (TPSA) is 12.0 Å². The van der Waals surface area contributed by atoms with Gasteiger partial charge in [-0.05, 0) is 43.7 Å². The molecule has 0 bridgehead atoms. The highest BCUT2D eigenvalue weighted by Crippen LogP contribution is 2.26. The van der Waals surface area contributed by atoms with E-state index in [-0.39, 0.29) is 5.54 Å². The number of hydrogen-bond donors (Lipinski definition) is 1. The molecule has 1 saturated heterocycles. The summed E-state index contributed by atoms with van der Waals surface area (Å²) in [6.45, 7) is 4.53. The summed E-state index contributed by atoms with van der Waals surface area (Å²) in [6, 6.07) is 9.28. The highest BCUT2D eigenvalue weighted by Gasteiger charge is 2.26. The van der Waals surface area contributed by atoms with E-state index < -0.39 is 0 Å². The van der Waals surface area contributed by atoms with Crippen molar-refractivity contribution < 1.29 is 0 Å². The molecule has 2 rings (SSSR count). The fourth-order valence-corrected chi connectivity index (χ4v) is 3.53. The molecular weight excluding hydrogens is 282 g/mol. The van der Waals surface area contributed by atoms with Crippen molar-refractivity contribution in [2.75, 3.05) is 11.5 Å². The molecule has 1 N–H and O–H groups in total. The van der Waals surface area contributed by atoms with Crippen molar-refractivity contribution in [3.05, 3.63) is 34.3 Å². The predicted molar refractivity (Wildman–Crippen MR) is 76.0 cm³/mol. The van der Waals surface area contributed by atoms with Crippen molar-refractivity contribution in [2.24, 2.45) is 0 Å². The van der Waals surface area contributed by atoms with Crippen LogP contribution in [0.5, 0.6) is 0 Å². The summed E-state index contributed by atoms with van der Waals surface area (Å²) in [5.41, 5.74) is 1.42. The Balaban J connectivity index is 2.07. The highest BCUT2D eigenvalue weighted by molar-refractivity contribution is 9.10. The van der Waals surface area contributed by atoms with E-state index in [9.17, 15) is 0 Å². The van der Waals surface area contributed by atoms with Crippen LogP contribution in [0, 0.1) is 0 Å². The van der Waals surface area contributed by atoms with Gasteiger partial charge in [-0.25, -0.2) is 0 Å². The second kappa shape index (κ2) is 5.11. The minimum absolute atomic E-state index is 0.0657. The maximum Gasteiger partial charge on any atom is 0.0380 e. The van der Waals surface area contributed by atoms with Gasteiger partial charge in [0, 0.05) is 21.8 Å². The summed E-state index contributed by atoms with van der Waals surface area (Å²) in [5, 5.41) is 3.75. The van der Waals surface area contributed by atoms with E-state index >= 15 is 0 Å². The summed E-state index contributed by atoms with van der Waals surface area (Å²) in [5.74, 6) is 2.55. The SMILES string of the molecule is CC(C)(NC1CCSC1)c1ccc(Br)cc1. The van der Waals surface area contributed by atoms with Gasteiger partial charge in [-0.1, -0.05) is 28.1 Å². The van der Waals surface area contributed by atoms with Gasteiger partial charge in [0.2, 0.25) is 0 Å². The van der Waals surface area contributed by atoms with Crippen molar-refractivity contribution in [1.82, 2.24) is 5.32 Å². The van der Waals surface area contributed by atoms with Crippen molar-refractivity contribution in [3.8, 4) is 0 Å². The lowest BCUT2D eigenvalue weighted by atomic mass is 9.93. The smallest absolute Gasteiger partial charge is 0.0380 e. The first kappa shape index (κ1) is 12.5. The molecule has 0 saturated carbocycles. The molecule has 1 heterocycles. The Morgan fingerprint density at radius 2 is 2.00 bits per heavy atom. The molecular formula is C13H18BrNS. The van der Waals surface area contributed by atoms with Crippen molar-refractivity contribution >= 4 is 27.7 Å². The van der Waals surface area contributed by atoms with Crippen LogP contribution in [0.25, 0.3) is 0 Å². The van der Waals surface area contributed by atoms with Gasteiger partial charge in [0.1, 0.15) is 0 Å². The number of rotatable bonds is 3. The number of benzene rings is 1. The lowest BCUT2D eigenvalue weighted by Crippen LogP contribution is -2.43. The van der Waals surface area contributed by atoms with Gasteiger partial charge in [-0.2, -0.15) is 11.8 Å². The predicted octanol–water partition coefficient (Wildman–Crippen LogP) is 3.78. The fraction of sp³-hybridized carbons (Fsp3) is 0.538. The van der Waals surface area contributed by atoms with E-state index in [2.05, 4.69) is 71.1 Å². The minimum atomic E-state index is 0.0657. The molecule has 0 aliphatic carbocycles. The minimum Gasteiger partial charge on any atom is -0.304 e. The Hall–Kier alpha value is 0.01000. The van der Waals surface area contributed by atoms with Gasteiger partial charge in [0.15, 0.2) is 0 Å². The molecule has 0 radical (unpaired) electrons. The molecule has 1 atom stereocenters. The third kappa shape index (κ3) is 3.02. The third-order valence-electron chi connectivity index (χ3n) is 3.06. The number of thioether (sulfide) groups is 1. The molecule has 0 spiro atoms. The molecule has 16 heavy (non-hydrogen) atoms. The molecule has 1 unspecified atom stereocenters. The van der Waals surface area contributed by atoms with Crippen LogP contribution in [0.1, 0.15) is 25.8 Å². The van der Waals surface area contributed by atoms with Crippen LogP contribution in [0.15, 0.2) is 28.7 Å². The molecule has 88 valence electrons. The van der Waals surface area contributed by atoms with Gasteiger partial charge in [0.05, 0.1) is 0 Å². The summed E-state index contributed by atoms with van der Waals surface area (Å²) in [4.78, 5) is 0. The summed E-state index contributed by atoms with van der Waals surface area (Å²) >= 11 is 5.53. The first-order valence-corrected chi connectivity index (χ1v) is 7.64. The van der Waals surface area contributed by atoms with Gasteiger partial charge in [-0.15, -0.1) is 0 Å². The number of nitrogens with one attached hydrogen (secondary N) is 1. The lowest BCUT2D eigenvalue weighted by molar-refractivity contribution is 0.356. The second-order valence-electron chi connectivity index (χ2n) is 4.84. The largest absolute Gasteiger partial charge is 0.304 e. The van der Waals surface area contributed by atoms with E-state index in [0.29, 0.717) is 6.04 Å². The van der Waals surface area contributed by atoms with E-state index in [1.54, 1.807) is 0 Å². The Labute approximate surface area is 111 Å². The maximum absolute atomic E-state index is 3.75. The third-order valence-corrected chi connectivity index (χ3v) is 4.75. The summed E-state index contributed by atoms with van der Waals surface area (Å²) in [6.07, 6.45) is 1.30. The molecule has 3 heteroatoms. The van der Waals surface area contributed by atoms with Crippen molar-refractivity contribution in [2.45, 2.75) is 31.8 Å². The van der Waals surface area contributed by atoms with Crippen LogP contribution in [0.4, 0.5) is 0 Å². The van der Waals surface area contributed by atoms with Crippen LogP contribution in [0.3, 0.4) is 0 Å². The van der Waals surface area contributed by atoms with E-state index in [0.717, 1.165) is 4.47 Å². The lowest BCUT2D eigenvalue weighted by Gasteiger charge is -2.30. The summed E-state index contributed by atoms with van der Waals surface area (Å²) < 4.78 is 1.14. The van der Waals surface area contributed by atoms with Crippen LogP contribution in [-0.2, 0) is 5.54 Å². The molecule has 1 aliphatic rings. The number of hydrogen-bond acceptors (Lipinski definition) is 2. The normalized spacial score (nSPS) is 21.3. The first-order valence-electron chi connectivity index (χ1n) is 5.69. The zero-order valence-corrected chi connectivity index (χ0v) is 12.2. The quantitative estimate of drug-likeness (QED) is 0.912. The Bertz CT molecular complexity index is 341. The van der Waals surface area contributed by atoms with Crippen LogP contribution < -0.4 is 5.32 Å². The maximum atomic E-state index is 3.75. The van der Waals surface area contributed by atoms with Crippen molar-refractivity contribution in [1.29, 1.82) is 0 Å². The average Bonchev–Trinajstić information content (AvgIpc) is 2.70. The molecule has 1 aliphatic heterocycles. The van der Waals surface area contributed by atoms with Crippen LogP contribution >= 0.6 is 27.7 Å². The molecule has 1 aromatic carbocycles. The van der Waals surface area contributed by atoms with Gasteiger partial charge < -0.3 is 5.32 Å². The van der Waals surface area contributed by atoms with Crippen LogP contribution in [-0.4, -0.2) is 17.5 Å². The molecule has 1 nitrogen and oxygen atoms in total. The average molecular weight is 300 g/mol. The molecule has 1 fully saturated rings.